The molecule has 1 atom stereocenters. The van der Waals surface area contributed by atoms with Crippen molar-refractivity contribution >= 4 is 29.5 Å². The number of carbonyl (C=O) groups excluding carboxylic acids is 5. The van der Waals surface area contributed by atoms with Crippen LogP contribution >= 0.6 is 0 Å². The van der Waals surface area contributed by atoms with Crippen LogP contribution < -0.4 is 0 Å². The molecule has 1 saturated heterocycles. The number of carbonyl (C=O) groups is 5. The molecule has 0 saturated carbocycles. The zero-order valence-electron chi connectivity index (χ0n) is 15.8. The van der Waals surface area contributed by atoms with Gasteiger partial charge < -0.3 is 9.47 Å². The summed E-state index contributed by atoms with van der Waals surface area (Å²) in [6, 6.07) is 0. The van der Waals surface area contributed by atoms with Crippen LogP contribution in [0.2, 0.25) is 0 Å². The summed E-state index contributed by atoms with van der Waals surface area (Å²) in [7, 11) is 0. The van der Waals surface area contributed by atoms with Gasteiger partial charge in [-0.15, -0.1) is 0 Å². The van der Waals surface area contributed by atoms with Crippen molar-refractivity contribution in [2.45, 2.75) is 45.4 Å². The molecule has 3 amide bonds. The van der Waals surface area contributed by atoms with Gasteiger partial charge in [-0.2, -0.15) is 0 Å². The minimum atomic E-state index is -0.698. The predicted octanol–water partition coefficient (Wildman–Crippen LogP) is 1.30. The number of Topliss-reactive ketones (excluding diaryl/α,β-unsaturated/α-hetero) is 1. The van der Waals surface area contributed by atoms with E-state index in [4.69, 9.17) is 15.0 Å². The molecule has 1 aliphatic heterocycles. The van der Waals surface area contributed by atoms with E-state index in [0.717, 1.165) is 0 Å². The van der Waals surface area contributed by atoms with E-state index in [2.05, 4.69) is 10.0 Å². The number of azide groups is 1. The lowest BCUT2D eigenvalue weighted by Gasteiger charge is -2.12. The summed E-state index contributed by atoms with van der Waals surface area (Å²) in [5, 5.41) is 3.33. The van der Waals surface area contributed by atoms with Gasteiger partial charge in [0.15, 0.2) is 0 Å². The number of nitrogens with zero attached hydrogens (tertiary/aromatic N) is 4. The molecule has 1 fully saturated rings. The highest BCUT2D eigenvalue weighted by Crippen LogP contribution is 2.13. The molecule has 0 bridgehead atoms. The number of esters is 1. The standard InChI is InChI=1S/C17H24N4O7/c1-2-13(22)12(11-19-20-18)10-17(26)28-9-8-27-7-3-4-14(23)21-15(24)5-6-16(21)25/h12H,2-11H2,1H3. The van der Waals surface area contributed by atoms with Crippen molar-refractivity contribution in [1.29, 1.82) is 0 Å². The van der Waals surface area contributed by atoms with Crippen LogP contribution in [0.3, 0.4) is 0 Å². The molecule has 1 rings (SSSR count). The zero-order chi connectivity index (χ0) is 20.9. The Balaban J connectivity index is 2.16. The van der Waals surface area contributed by atoms with Crippen LogP contribution in [0.1, 0.15) is 45.4 Å². The lowest BCUT2D eigenvalue weighted by atomic mass is 9.99. The topological polar surface area (TPSA) is 156 Å². The van der Waals surface area contributed by atoms with Gasteiger partial charge in [0.05, 0.1) is 13.0 Å². The first-order chi connectivity index (χ1) is 13.4. The van der Waals surface area contributed by atoms with Crippen molar-refractivity contribution in [1.82, 2.24) is 4.90 Å². The molecule has 0 radical (unpaired) electrons. The van der Waals surface area contributed by atoms with Gasteiger partial charge in [-0.1, -0.05) is 12.0 Å². The van der Waals surface area contributed by atoms with Crippen LogP contribution in [-0.4, -0.2) is 60.7 Å². The largest absolute Gasteiger partial charge is 0.463 e. The Labute approximate surface area is 162 Å². The van der Waals surface area contributed by atoms with Crippen LogP contribution in [-0.2, 0) is 33.4 Å². The summed E-state index contributed by atoms with van der Waals surface area (Å²) in [6.07, 6.45) is 0.536. The lowest BCUT2D eigenvalue weighted by molar-refractivity contribution is -0.149. The molecule has 1 heterocycles. The number of likely N-dealkylation sites (tertiary alicyclic amines) is 1. The zero-order valence-corrected chi connectivity index (χ0v) is 15.8. The first kappa shape index (κ1) is 23.3. The maximum atomic E-state index is 11.8. The maximum Gasteiger partial charge on any atom is 0.306 e. The van der Waals surface area contributed by atoms with Crippen molar-refractivity contribution < 1.29 is 33.4 Å². The van der Waals surface area contributed by atoms with Gasteiger partial charge in [0.1, 0.15) is 12.4 Å². The van der Waals surface area contributed by atoms with Gasteiger partial charge in [0.2, 0.25) is 17.7 Å². The normalized spacial score (nSPS) is 14.5. The predicted molar refractivity (Wildman–Crippen MR) is 94.5 cm³/mol. The molecule has 0 N–H and O–H groups in total. The van der Waals surface area contributed by atoms with Crippen molar-refractivity contribution in [3.8, 4) is 0 Å². The molecule has 0 aromatic heterocycles. The fourth-order valence-electron chi connectivity index (χ4n) is 2.57. The third-order valence-electron chi connectivity index (χ3n) is 4.05. The average molecular weight is 396 g/mol. The highest BCUT2D eigenvalue weighted by atomic mass is 16.6. The third-order valence-corrected chi connectivity index (χ3v) is 4.05. The Morgan fingerprint density at radius 1 is 1.18 bits per heavy atom. The Kier molecular flexibility index (Phi) is 10.4. The first-order valence-electron chi connectivity index (χ1n) is 9.06. The lowest BCUT2D eigenvalue weighted by Crippen LogP contribution is -2.35. The second kappa shape index (κ2) is 12.6. The molecule has 11 heteroatoms. The van der Waals surface area contributed by atoms with Crippen LogP contribution in [0, 0.1) is 5.92 Å². The smallest absolute Gasteiger partial charge is 0.306 e. The van der Waals surface area contributed by atoms with Gasteiger partial charge in [-0.05, 0) is 12.0 Å². The highest BCUT2D eigenvalue weighted by Gasteiger charge is 2.33. The summed E-state index contributed by atoms with van der Waals surface area (Å²) < 4.78 is 10.2. The maximum absolute atomic E-state index is 11.8. The minimum Gasteiger partial charge on any atom is -0.463 e. The summed E-state index contributed by atoms with van der Waals surface area (Å²) in [5.74, 6) is -2.94. The number of ketones is 1. The number of amides is 3. The molecule has 0 aromatic rings. The van der Waals surface area contributed by atoms with E-state index in [1.165, 1.54) is 0 Å². The summed E-state index contributed by atoms with van der Waals surface area (Å²) in [4.78, 5) is 61.4. The monoisotopic (exact) mass is 396 g/mol. The molecule has 154 valence electrons. The van der Waals surface area contributed by atoms with Crippen LogP contribution in [0.15, 0.2) is 5.11 Å². The number of imide groups is 3. The van der Waals surface area contributed by atoms with E-state index >= 15 is 0 Å². The fraction of sp³-hybridized carbons (Fsp3) is 0.706. The number of hydrogen-bond acceptors (Lipinski definition) is 8. The van der Waals surface area contributed by atoms with Crippen LogP contribution in [0.5, 0.6) is 0 Å². The van der Waals surface area contributed by atoms with Crippen LogP contribution in [0.4, 0.5) is 0 Å². The second-order valence-electron chi connectivity index (χ2n) is 6.09. The van der Waals surface area contributed by atoms with E-state index in [-0.39, 0.29) is 64.3 Å². The first-order valence-corrected chi connectivity index (χ1v) is 9.06. The molecule has 0 spiro atoms. The molecule has 11 nitrogen and oxygen atoms in total. The second-order valence-corrected chi connectivity index (χ2v) is 6.09. The van der Waals surface area contributed by atoms with E-state index in [0.29, 0.717) is 11.3 Å². The van der Waals surface area contributed by atoms with Crippen molar-refractivity contribution in [3.05, 3.63) is 10.4 Å². The van der Waals surface area contributed by atoms with E-state index in [1.54, 1.807) is 6.92 Å². The van der Waals surface area contributed by atoms with Crippen molar-refractivity contribution in [3.63, 3.8) is 0 Å². The van der Waals surface area contributed by atoms with Crippen molar-refractivity contribution in [2.24, 2.45) is 11.0 Å². The Bertz CT molecular complexity index is 642. The summed E-state index contributed by atoms with van der Waals surface area (Å²) in [6.45, 7) is 1.84. The fourth-order valence-corrected chi connectivity index (χ4v) is 2.57. The van der Waals surface area contributed by atoms with Gasteiger partial charge in [-0.3, -0.25) is 24.0 Å². The van der Waals surface area contributed by atoms with E-state index in [1.807, 2.05) is 0 Å². The molecular formula is C17H24N4O7. The van der Waals surface area contributed by atoms with E-state index < -0.39 is 29.6 Å². The van der Waals surface area contributed by atoms with Crippen molar-refractivity contribution in [2.75, 3.05) is 26.4 Å². The summed E-state index contributed by atoms with van der Waals surface area (Å²) in [5.41, 5.74) is 8.33. The van der Waals surface area contributed by atoms with Crippen LogP contribution in [0.25, 0.3) is 10.4 Å². The number of ether oxygens (including phenoxy) is 2. The molecule has 0 aromatic carbocycles. The van der Waals surface area contributed by atoms with Gasteiger partial charge in [0.25, 0.3) is 0 Å². The van der Waals surface area contributed by atoms with E-state index in [9.17, 15) is 24.0 Å². The van der Waals surface area contributed by atoms with Gasteiger partial charge in [0, 0.05) is 49.7 Å². The van der Waals surface area contributed by atoms with Gasteiger partial charge in [-0.25, -0.2) is 4.90 Å². The number of hydrogen-bond donors (Lipinski definition) is 0. The Morgan fingerprint density at radius 2 is 1.86 bits per heavy atom. The highest BCUT2D eigenvalue weighted by molar-refractivity contribution is 6.14. The molecule has 28 heavy (non-hydrogen) atoms. The Morgan fingerprint density at radius 3 is 2.46 bits per heavy atom. The third kappa shape index (κ3) is 7.85. The molecule has 0 aliphatic carbocycles. The number of rotatable bonds is 13. The molecule has 1 aliphatic rings. The van der Waals surface area contributed by atoms with Gasteiger partial charge >= 0.3 is 5.97 Å². The molecule has 1 unspecified atom stereocenters. The quantitative estimate of drug-likeness (QED) is 0.113. The SMILES string of the molecule is CCC(=O)C(CN=[N+]=[N-])CC(=O)OCCOCCCC(=O)N1C(=O)CCC1=O. The average Bonchev–Trinajstić information content (AvgIpc) is 3.01. The summed E-state index contributed by atoms with van der Waals surface area (Å²) >= 11 is 0. The Hall–Kier alpha value is -2.78. The molecular weight excluding hydrogens is 372 g/mol. The minimum absolute atomic E-state index is 0.0114.